The number of anilines is 1. The average Bonchev–Trinajstić information content (AvgIpc) is 3.29. The van der Waals surface area contributed by atoms with Gasteiger partial charge >= 0.3 is 11.9 Å². The van der Waals surface area contributed by atoms with Gasteiger partial charge in [0.15, 0.2) is 11.6 Å². The third-order valence-electron chi connectivity index (χ3n) is 5.24. The van der Waals surface area contributed by atoms with Gasteiger partial charge in [-0.25, -0.2) is 9.18 Å². The SMILES string of the molecule is C=NC1=C(/C=C\C)CCN(c2nc(C(=O)OCc3ccccc3)oc2-c2ccc(F)cc2)C1=O. The largest absolute Gasteiger partial charge is 0.454 e. The zero-order valence-corrected chi connectivity index (χ0v) is 18.5. The highest BCUT2D eigenvalue weighted by Gasteiger charge is 2.33. The normalized spacial score (nSPS) is 14.1. The molecule has 0 bridgehead atoms. The van der Waals surface area contributed by atoms with Crippen molar-refractivity contribution < 1.29 is 23.1 Å². The van der Waals surface area contributed by atoms with Crippen LogP contribution in [0.25, 0.3) is 11.3 Å². The van der Waals surface area contributed by atoms with E-state index >= 15 is 0 Å². The fourth-order valence-corrected chi connectivity index (χ4v) is 3.61. The molecule has 0 fully saturated rings. The summed E-state index contributed by atoms with van der Waals surface area (Å²) in [5, 5.41) is 0. The number of hydrogen-bond acceptors (Lipinski definition) is 6. The molecule has 1 aliphatic rings. The molecule has 3 aromatic rings. The fraction of sp³-hybridized carbons (Fsp3) is 0.154. The number of nitrogens with zero attached hydrogens (tertiary/aromatic N) is 3. The Labute approximate surface area is 195 Å². The van der Waals surface area contributed by atoms with Crippen LogP contribution in [-0.2, 0) is 16.1 Å². The van der Waals surface area contributed by atoms with Crippen molar-refractivity contribution in [2.75, 3.05) is 11.4 Å². The van der Waals surface area contributed by atoms with Gasteiger partial charge < -0.3 is 9.15 Å². The zero-order valence-electron chi connectivity index (χ0n) is 18.5. The van der Waals surface area contributed by atoms with Gasteiger partial charge in [0.05, 0.1) is 0 Å². The molecule has 7 nitrogen and oxygen atoms in total. The molecule has 2 heterocycles. The molecule has 0 radical (unpaired) electrons. The summed E-state index contributed by atoms with van der Waals surface area (Å²) in [5.74, 6) is -1.67. The van der Waals surface area contributed by atoms with Gasteiger partial charge in [0, 0.05) is 12.1 Å². The van der Waals surface area contributed by atoms with Crippen molar-refractivity contribution in [2.45, 2.75) is 20.0 Å². The molecule has 0 aliphatic carbocycles. The maximum Gasteiger partial charge on any atom is 0.395 e. The van der Waals surface area contributed by atoms with Crippen LogP contribution in [-0.4, -0.2) is 30.1 Å². The van der Waals surface area contributed by atoms with Gasteiger partial charge in [-0.3, -0.25) is 14.7 Å². The van der Waals surface area contributed by atoms with E-state index in [0.717, 1.165) is 11.1 Å². The summed E-state index contributed by atoms with van der Waals surface area (Å²) in [7, 11) is 0. The lowest BCUT2D eigenvalue weighted by molar-refractivity contribution is -0.115. The maximum atomic E-state index is 13.5. The number of carbonyl (C=O) groups excluding carboxylic acids is 2. The van der Waals surface area contributed by atoms with Crippen LogP contribution in [0.3, 0.4) is 0 Å². The quantitative estimate of drug-likeness (QED) is 0.362. The van der Waals surface area contributed by atoms with Gasteiger partial charge in [-0.15, -0.1) is 0 Å². The van der Waals surface area contributed by atoms with E-state index in [2.05, 4.69) is 16.7 Å². The number of halogens is 1. The van der Waals surface area contributed by atoms with Gasteiger partial charge in [0.25, 0.3) is 5.91 Å². The number of rotatable bonds is 7. The summed E-state index contributed by atoms with van der Waals surface area (Å²) in [6.45, 7) is 5.69. The molecule has 0 unspecified atom stereocenters. The number of ether oxygens (including phenoxy) is 1. The molecule has 4 rings (SSSR count). The van der Waals surface area contributed by atoms with Gasteiger partial charge in [0.1, 0.15) is 18.1 Å². The molecule has 0 N–H and O–H groups in total. The minimum absolute atomic E-state index is 0.0336. The second-order valence-electron chi connectivity index (χ2n) is 7.48. The molecular weight excluding hydrogens is 437 g/mol. The van der Waals surface area contributed by atoms with E-state index in [9.17, 15) is 14.0 Å². The van der Waals surface area contributed by atoms with Crippen molar-refractivity contribution in [3.8, 4) is 11.3 Å². The Kier molecular flexibility index (Phi) is 6.77. The summed E-state index contributed by atoms with van der Waals surface area (Å²) in [5.41, 5.74) is 2.21. The number of esters is 1. The molecule has 172 valence electrons. The van der Waals surface area contributed by atoms with Crippen LogP contribution >= 0.6 is 0 Å². The number of carbonyl (C=O) groups is 2. The minimum atomic E-state index is -0.782. The fourth-order valence-electron chi connectivity index (χ4n) is 3.61. The second kappa shape index (κ2) is 10.1. The topological polar surface area (TPSA) is 85.0 Å². The molecule has 1 aromatic heterocycles. The van der Waals surface area contributed by atoms with Crippen molar-refractivity contribution in [1.29, 1.82) is 0 Å². The van der Waals surface area contributed by atoms with Crippen molar-refractivity contribution in [3.05, 3.63) is 95.3 Å². The lowest BCUT2D eigenvalue weighted by atomic mass is 10.0. The van der Waals surface area contributed by atoms with E-state index in [1.165, 1.54) is 29.2 Å². The van der Waals surface area contributed by atoms with Gasteiger partial charge in [0.2, 0.25) is 0 Å². The third-order valence-corrected chi connectivity index (χ3v) is 5.24. The average molecular weight is 459 g/mol. The number of amides is 1. The first kappa shape index (κ1) is 22.8. The third kappa shape index (κ3) is 4.71. The van der Waals surface area contributed by atoms with Crippen LogP contribution in [0.4, 0.5) is 10.2 Å². The van der Waals surface area contributed by atoms with Crippen molar-refractivity contribution >= 4 is 24.4 Å². The monoisotopic (exact) mass is 459 g/mol. The van der Waals surface area contributed by atoms with E-state index < -0.39 is 17.7 Å². The number of aromatic nitrogens is 1. The highest BCUT2D eigenvalue weighted by molar-refractivity contribution is 6.08. The van der Waals surface area contributed by atoms with E-state index in [1.54, 1.807) is 0 Å². The molecule has 8 heteroatoms. The minimum Gasteiger partial charge on any atom is -0.454 e. The molecule has 0 spiro atoms. The van der Waals surface area contributed by atoms with Crippen LogP contribution in [0.1, 0.15) is 29.6 Å². The zero-order chi connectivity index (χ0) is 24.1. The van der Waals surface area contributed by atoms with Crippen LogP contribution in [0, 0.1) is 5.82 Å². The molecule has 1 amide bonds. The van der Waals surface area contributed by atoms with Crippen molar-refractivity contribution in [3.63, 3.8) is 0 Å². The highest BCUT2D eigenvalue weighted by atomic mass is 19.1. The Morgan fingerprint density at radius 3 is 2.65 bits per heavy atom. The van der Waals surface area contributed by atoms with Gasteiger partial charge in [-0.1, -0.05) is 42.5 Å². The maximum absolute atomic E-state index is 13.5. The molecule has 2 aromatic carbocycles. The lowest BCUT2D eigenvalue weighted by Gasteiger charge is -2.26. The van der Waals surface area contributed by atoms with Crippen LogP contribution < -0.4 is 4.90 Å². The number of allylic oxidation sites excluding steroid dienone is 2. The Hall–Kier alpha value is -4.33. The van der Waals surface area contributed by atoms with E-state index in [1.807, 2.05) is 49.4 Å². The second-order valence-corrected chi connectivity index (χ2v) is 7.48. The van der Waals surface area contributed by atoms with Crippen LogP contribution in [0.15, 0.2) is 87.4 Å². The lowest BCUT2D eigenvalue weighted by Crippen LogP contribution is -2.37. The van der Waals surface area contributed by atoms with Crippen LogP contribution in [0.2, 0.25) is 0 Å². The first-order chi connectivity index (χ1) is 16.5. The first-order valence-corrected chi connectivity index (χ1v) is 10.6. The number of benzene rings is 2. The number of aliphatic imine (C=N–C) groups is 1. The standard InChI is InChI=1S/C26H22FN3O4/c1-3-7-18-14-15-30(25(31)21(18)28-2)23-22(19-10-12-20(27)13-11-19)34-24(29-23)26(32)33-16-17-8-5-4-6-9-17/h3-13H,2,14-16H2,1H3/b7-3-. The van der Waals surface area contributed by atoms with E-state index in [0.29, 0.717) is 12.0 Å². The molecular formula is C26H22FN3O4. The van der Waals surface area contributed by atoms with E-state index in [4.69, 9.17) is 9.15 Å². The molecule has 1 aliphatic heterocycles. The Bertz CT molecular complexity index is 1280. The predicted molar refractivity (Wildman–Crippen MR) is 126 cm³/mol. The van der Waals surface area contributed by atoms with Crippen molar-refractivity contribution in [1.82, 2.24) is 4.98 Å². The van der Waals surface area contributed by atoms with Gasteiger partial charge in [-0.05, 0) is 55.5 Å². The predicted octanol–water partition coefficient (Wildman–Crippen LogP) is 5.11. The Morgan fingerprint density at radius 1 is 1.24 bits per heavy atom. The van der Waals surface area contributed by atoms with E-state index in [-0.39, 0.29) is 36.3 Å². The summed E-state index contributed by atoms with van der Waals surface area (Å²) in [4.78, 5) is 35.5. The summed E-state index contributed by atoms with van der Waals surface area (Å²) >= 11 is 0. The molecule has 0 saturated heterocycles. The van der Waals surface area contributed by atoms with Gasteiger partial charge in [-0.2, -0.15) is 4.98 Å². The molecule has 0 saturated carbocycles. The Morgan fingerprint density at radius 2 is 1.97 bits per heavy atom. The number of oxazole rings is 1. The smallest absolute Gasteiger partial charge is 0.395 e. The summed E-state index contributed by atoms with van der Waals surface area (Å²) < 4.78 is 24.6. The van der Waals surface area contributed by atoms with Crippen LogP contribution in [0.5, 0.6) is 0 Å². The molecule has 0 atom stereocenters. The Balaban J connectivity index is 1.70. The highest BCUT2D eigenvalue weighted by Crippen LogP contribution is 2.35. The number of hydrogen-bond donors (Lipinski definition) is 0. The van der Waals surface area contributed by atoms with Crippen molar-refractivity contribution in [2.24, 2.45) is 4.99 Å². The molecule has 34 heavy (non-hydrogen) atoms. The first-order valence-electron chi connectivity index (χ1n) is 10.6. The summed E-state index contributed by atoms with van der Waals surface area (Å²) in [6, 6.07) is 14.7. The summed E-state index contributed by atoms with van der Waals surface area (Å²) in [6.07, 6.45) is 4.15.